The second-order valence-electron chi connectivity index (χ2n) is 6.50. The highest BCUT2D eigenvalue weighted by molar-refractivity contribution is 7.99. The van der Waals surface area contributed by atoms with Crippen molar-refractivity contribution in [1.82, 2.24) is 25.0 Å². The molecule has 3 aromatic rings. The number of hydrogen-bond donors (Lipinski definition) is 1. The summed E-state index contributed by atoms with van der Waals surface area (Å²) < 4.78 is 0.822. The molecule has 4 rings (SSSR count). The number of halogens is 1. The van der Waals surface area contributed by atoms with Gasteiger partial charge in [-0.15, -0.1) is 27.8 Å². The predicted molar refractivity (Wildman–Crippen MR) is 122 cm³/mol. The molecule has 0 unspecified atom stereocenters. The van der Waals surface area contributed by atoms with Crippen LogP contribution in [0, 0.1) is 0 Å². The molecule has 1 aliphatic rings. The number of thioether (sulfide) groups is 1. The number of hydrogen-bond acceptors (Lipinski definition) is 7. The fourth-order valence-corrected chi connectivity index (χ4v) is 5.43. The van der Waals surface area contributed by atoms with E-state index in [9.17, 15) is 4.79 Å². The summed E-state index contributed by atoms with van der Waals surface area (Å²) in [5, 5.41) is 9.71. The van der Waals surface area contributed by atoms with Crippen LogP contribution in [0.25, 0.3) is 12.2 Å². The van der Waals surface area contributed by atoms with Gasteiger partial charge in [0.1, 0.15) is 5.82 Å². The van der Waals surface area contributed by atoms with Gasteiger partial charge in [-0.3, -0.25) is 14.8 Å². The van der Waals surface area contributed by atoms with Crippen LogP contribution < -0.4 is 0 Å². The standard InChI is InChI=1S/C19H20ClN5OS3/c20-16-5-3-15(29-16)12-24-7-9-25(10-8-24)18(26)13-28-19-21-17(22-23-19)6-4-14-2-1-11-27-14/h1-6,11H,7-10,12-13H2,(H,21,22,23)/b6-4+. The topological polar surface area (TPSA) is 65.1 Å². The van der Waals surface area contributed by atoms with Crippen molar-refractivity contribution in [2.75, 3.05) is 31.9 Å². The van der Waals surface area contributed by atoms with Crippen LogP contribution in [0.1, 0.15) is 15.6 Å². The zero-order valence-corrected chi connectivity index (χ0v) is 18.8. The Kier molecular flexibility index (Phi) is 7.04. The molecule has 1 N–H and O–H groups in total. The van der Waals surface area contributed by atoms with Gasteiger partial charge in [-0.25, -0.2) is 4.98 Å². The zero-order chi connectivity index (χ0) is 20.1. The Bertz CT molecular complexity index is 960. The van der Waals surface area contributed by atoms with Crippen molar-refractivity contribution in [3.63, 3.8) is 0 Å². The maximum absolute atomic E-state index is 12.5. The van der Waals surface area contributed by atoms with E-state index in [0.29, 0.717) is 16.7 Å². The van der Waals surface area contributed by atoms with Gasteiger partial charge < -0.3 is 4.90 Å². The highest BCUT2D eigenvalue weighted by Gasteiger charge is 2.22. The molecule has 10 heteroatoms. The fraction of sp³-hybridized carbons (Fsp3) is 0.316. The van der Waals surface area contributed by atoms with Gasteiger partial charge in [-0.1, -0.05) is 29.4 Å². The highest BCUT2D eigenvalue weighted by Crippen LogP contribution is 2.23. The SMILES string of the molecule is O=C(CSc1n[nH]c(/C=C/c2cccs2)n1)N1CCN(Cc2ccc(Cl)s2)CC1. The number of rotatable bonds is 7. The number of H-pyrrole nitrogens is 1. The van der Waals surface area contributed by atoms with Crippen LogP contribution in [0.4, 0.5) is 0 Å². The number of nitrogens with zero attached hydrogens (tertiary/aromatic N) is 4. The highest BCUT2D eigenvalue weighted by atomic mass is 35.5. The lowest BCUT2D eigenvalue weighted by atomic mass is 10.3. The first-order chi connectivity index (χ1) is 14.2. The molecule has 0 spiro atoms. The molecular formula is C19H20ClN5OS3. The Morgan fingerprint density at radius 1 is 1.24 bits per heavy atom. The molecule has 0 aromatic carbocycles. The van der Waals surface area contributed by atoms with Crippen LogP contribution in [-0.4, -0.2) is 62.8 Å². The van der Waals surface area contributed by atoms with Gasteiger partial charge in [-0.05, 0) is 35.7 Å². The Morgan fingerprint density at radius 2 is 2.10 bits per heavy atom. The number of amides is 1. The number of carbonyl (C=O) groups is 1. The van der Waals surface area contributed by atoms with E-state index in [1.54, 1.807) is 22.7 Å². The van der Waals surface area contributed by atoms with E-state index < -0.39 is 0 Å². The van der Waals surface area contributed by atoms with Gasteiger partial charge in [0.25, 0.3) is 0 Å². The van der Waals surface area contributed by atoms with Crippen LogP contribution in [0.5, 0.6) is 0 Å². The van der Waals surface area contributed by atoms with Gasteiger partial charge in [0, 0.05) is 42.5 Å². The van der Waals surface area contributed by atoms with Crippen LogP contribution in [0.15, 0.2) is 34.8 Å². The Balaban J connectivity index is 1.20. The second-order valence-corrected chi connectivity index (χ2v) is 10.2. The smallest absolute Gasteiger partial charge is 0.233 e. The Labute approximate surface area is 186 Å². The number of thiophene rings is 2. The zero-order valence-electron chi connectivity index (χ0n) is 15.6. The van der Waals surface area contributed by atoms with Gasteiger partial charge in [-0.2, -0.15) is 0 Å². The molecule has 1 saturated heterocycles. The Hall–Kier alpha value is -1.65. The molecule has 1 aliphatic heterocycles. The maximum Gasteiger partial charge on any atom is 0.233 e. The molecule has 0 saturated carbocycles. The molecule has 0 bridgehead atoms. The van der Waals surface area contributed by atoms with E-state index >= 15 is 0 Å². The molecule has 152 valence electrons. The second kappa shape index (κ2) is 9.90. The van der Waals surface area contributed by atoms with E-state index in [2.05, 4.69) is 26.1 Å². The average Bonchev–Trinajstić information content (AvgIpc) is 3.48. The minimum absolute atomic E-state index is 0.134. The third-order valence-corrected chi connectivity index (χ3v) is 7.37. The van der Waals surface area contributed by atoms with Crippen LogP contribution in [0.3, 0.4) is 0 Å². The summed E-state index contributed by atoms with van der Waals surface area (Å²) in [5.41, 5.74) is 0. The molecular weight excluding hydrogens is 446 g/mol. The lowest BCUT2D eigenvalue weighted by Gasteiger charge is -2.34. The van der Waals surface area contributed by atoms with Crippen molar-refractivity contribution < 1.29 is 4.79 Å². The van der Waals surface area contributed by atoms with Gasteiger partial charge >= 0.3 is 0 Å². The van der Waals surface area contributed by atoms with Crippen molar-refractivity contribution in [2.45, 2.75) is 11.7 Å². The normalized spacial score (nSPS) is 15.4. The number of aromatic nitrogens is 3. The van der Waals surface area contributed by atoms with Crippen LogP contribution >= 0.6 is 46.0 Å². The quantitative estimate of drug-likeness (QED) is 0.530. The summed E-state index contributed by atoms with van der Waals surface area (Å²) in [4.78, 5) is 23.6. The summed E-state index contributed by atoms with van der Waals surface area (Å²) in [6, 6.07) is 8.06. The molecule has 0 aliphatic carbocycles. The van der Waals surface area contributed by atoms with E-state index in [1.807, 2.05) is 40.6 Å². The summed E-state index contributed by atoms with van der Waals surface area (Å²) in [7, 11) is 0. The van der Waals surface area contributed by atoms with Crippen molar-refractivity contribution in [1.29, 1.82) is 0 Å². The first-order valence-corrected chi connectivity index (χ1v) is 12.2. The average molecular weight is 466 g/mol. The van der Waals surface area contributed by atoms with E-state index in [1.165, 1.54) is 16.6 Å². The molecule has 3 aromatic heterocycles. The van der Waals surface area contributed by atoms with Gasteiger partial charge in [0.15, 0.2) is 0 Å². The van der Waals surface area contributed by atoms with Crippen molar-refractivity contribution >= 4 is 64.1 Å². The summed E-state index contributed by atoms with van der Waals surface area (Å²) in [5.74, 6) is 1.18. The lowest BCUT2D eigenvalue weighted by Crippen LogP contribution is -2.48. The third-order valence-electron chi connectivity index (χ3n) is 4.49. The van der Waals surface area contributed by atoms with E-state index in [0.717, 1.165) is 41.9 Å². The number of nitrogens with one attached hydrogen (secondary N) is 1. The van der Waals surface area contributed by atoms with Gasteiger partial charge in [0.05, 0.1) is 10.1 Å². The first-order valence-electron chi connectivity index (χ1n) is 9.17. The third kappa shape index (κ3) is 5.93. The summed E-state index contributed by atoms with van der Waals surface area (Å²) in [6.45, 7) is 4.16. The van der Waals surface area contributed by atoms with Crippen LogP contribution in [0.2, 0.25) is 4.34 Å². The molecule has 29 heavy (non-hydrogen) atoms. The van der Waals surface area contributed by atoms with Crippen LogP contribution in [-0.2, 0) is 11.3 Å². The lowest BCUT2D eigenvalue weighted by molar-refractivity contribution is -0.130. The molecule has 6 nitrogen and oxygen atoms in total. The summed E-state index contributed by atoms with van der Waals surface area (Å²) >= 11 is 10.7. The predicted octanol–water partition coefficient (Wildman–Crippen LogP) is 4.19. The van der Waals surface area contributed by atoms with Crippen molar-refractivity contribution in [3.05, 3.63) is 49.6 Å². The molecule has 1 amide bonds. The molecule has 1 fully saturated rings. The number of piperazine rings is 1. The number of aromatic amines is 1. The molecule has 0 radical (unpaired) electrons. The fourth-order valence-electron chi connectivity index (χ4n) is 2.97. The largest absolute Gasteiger partial charge is 0.339 e. The van der Waals surface area contributed by atoms with Crippen molar-refractivity contribution in [3.8, 4) is 0 Å². The monoisotopic (exact) mass is 465 g/mol. The maximum atomic E-state index is 12.5. The Morgan fingerprint density at radius 3 is 2.83 bits per heavy atom. The first kappa shape index (κ1) is 20.6. The number of carbonyl (C=O) groups excluding carboxylic acids is 1. The van der Waals surface area contributed by atoms with Crippen molar-refractivity contribution in [2.24, 2.45) is 0 Å². The van der Waals surface area contributed by atoms with Gasteiger partial charge in [0.2, 0.25) is 11.1 Å². The minimum Gasteiger partial charge on any atom is -0.339 e. The molecule has 4 heterocycles. The van der Waals surface area contributed by atoms with E-state index in [-0.39, 0.29) is 5.91 Å². The van der Waals surface area contributed by atoms with E-state index in [4.69, 9.17) is 11.6 Å². The molecule has 0 atom stereocenters. The minimum atomic E-state index is 0.134. The summed E-state index contributed by atoms with van der Waals surface area (Å²) in [6.07, 6.45) is 3.89.